The number of benzene rings is 1. The van der Waals surface area contributed by atoms with Crippen LogP contribution in [0.1, 0.15) is 21.1 Å². The van der Waals surface area contributed by atoms with Crippen LogP contribution in [0.15, 0.2) is 23.6 Å². The molecule has 0 unspecified atom stereocenters. The maximum atomic E-state index is 12.0. The number of aryl methyl sites for hydroxylation is 1. The van der Waals surface area contributed by atoms with E-state index >= 15 is 0 Å². The van der Waals surface area contributed by atoms with Gasteiger partial charge in [-0.15, -0.1) is 11.3 Å². The molecule has 114 valence electrons. The zero-order valence-electron chi connectivity index (χ0n) is 11.8. The highest BCUT2D eigenvalue weighted by Crippen LogP contribution is 2.32. The average Bonchev–Trinajstić information content (AvgIpc) is 3.12. The number of nitrogens with zero attached hydrogens (tertiary/aromatic N) is 1. The first kappa shape index (κ1) is 14.5. The van der Waals surface area contributed by atoms with E-state index in [1.165, 1.54) is 11.3 Å². The Morgan fingerprint density at radius 1 is 1.32 bits per heavy atom. The Labute approximate surface area is 130 Å². The molecule has 1 aromatic heterocycles. The number of rotatable bonds is 5. The quantitative estimate of drug-likeness (QED) is 0.621. The number of hydrogen-bond acceptors (Lipinski definition) is 7. The molecule has 0 atom stereocenters. The van der Waals surface area contributed by atoms with Crippen molar-refractivity contribution in [2.24, 2.45) is 0 Å². The summed E-state index contributed by atoms with van der Waals surface area (Å²) >= 11 is 1.47. The van der Waals surface area contributed by atoms with Gasteiger partial charge in [0.05, 0.1) is 17.1 Å². The second-order valence-electron chi connectivity index (χ2n) is 4.69. The van der Waals surface area contributed by atoms with E-state index in [9.17, 15) is 9.59 Å². The van der Waals surface area contributed by atoms with Gasteiger partial charge in [0.1, 0.15) is 0 Å². The molecule has 2 heterocycles. The topological polar surface area (TPSA) is 74.7 Å². The minimum atomic E-state index is -0.473. The van der Waals surface area contributed by atoms with E-state index in [0.717, 1.165) is 5.01 Å². The van der Waals surface area contributed by atoms with Crippen LogP contribution in [0.3, 0.4) is 0 Å². The number of hydrogen-bond donors (Lipinski definition) is 0. The number of thiazole rings is 1. The summed E-state index contributed by atoms with van der Waals surface area (Å²) in [5.41, 5.74) is 1.07. The lowest BCUT2D eigenvalue weighted by Gasteiger charge is -2.04. The first-order valence-corrected chi connectivity index (χ1v) is 7.49. The van der Waals surface area contributed by atoms with Crippen LogP contribution in [0.25, 0.3) is 0 Å². The van der Waals surface area contributed by atoms with Gasteiger partial charge in [-0.3, -0.25) is 9.59 Å². The Morgan fingerprint density at radius 3 is 2.91 bits per heavy atom. The second-order valence-corrected chi connectivity index (χ2v) is 5.75. The molecule has 1 aliphatic heterocycles. The molecule has 3 rings (SSSR count). The van der Waals surface area contributed by atoms with Crippen molar-refractivity contribution >= 4 is 23.1 Å². The summed E-state index contributed by atoms with van der Waals surface area (Å²) in [5.74, 6) is 0.364. The normalized spacial score (nSPS) is 12.2. The monoisotopic (exact) mass is 319 g/mol. The SMILES string of the molecule is Cc1nc(CC(=O)OCC(=O)c2ccc3c(c2)OCO3)cs1. The summed E-state index contributed by atoms with van der Waals surface area (Å²) in [6.07, 6.45) is 0.0682. The number of ether oxygens (including phenoxy) is 3. The van der Waals surface area contributed by atoms with Gasteiger partial charge in [-0.2, -0.15) is 0 Å². The molecule has 0 bridgehead atoms. The van der Waals surface area contributed by atoms with Gasteiger partial charge in [0.25, 0.3) is 0 Å². The van der Waals surface area contributed by atoms with Crippen LogP contribution in [-0.2, 0) is 16.0 Å². The zero-order valence-corrected chi connectivity index (χ0v) is 12.6. The Kier molecular flexibility index (Phi) is 4.06. The molecule has 0 saturated heterocycles. The largest absolute Gasteiger partial charge is 0.457 e. The van der Waals surface area contributed by atoms with Gasteiger partial charge in [-0.25, -0.2) is 4.98 Å². The lowest BCUT2D eigenvalue weighted by Crippen LogP contribution is -2.15. The second kappa shape index (κ2) is 6.15. The number of Topliss-reactive ketones (excluding diaryl/α,β-unsaturated/α-hetero) is 1. The molecule has 0 radical (unpaired) electrons. The molecule has 0 N–H and O–H groups in total. The third-order valence-electron chi connectivity index (χ3n) is 3.05. The van der Waals surface area contributed by atoms with Crippen LogP contribution in [0, 0.1) is 6.92 Å². The molecule has 0 aliphatic carbocycles. The molecule has 22 heavy (non-hydrogen) atoms. The van der Waals surface area contributed by atoms with Crippen molar-refractivity contribution in [3.63, 3.8) is 0 Å². The Morgan fingerprint density at radius 2 is 2.14 bits per heavy atom. The maximum Gasteiger partial charge on any atom is 0.312 e. The van der Waals surface area contributed by atoms with Crippen molar-refractivity contribution in [3.05, 3.63) is 39.8 Å². The molecule has 7 heteroatoms. The Hall–Kier alpha value is -2.41. The minimum absolute atomic E-state index is 0.0682. The fourth-order valence-electron chi connectivity index (χ4n) is 1.99. The van der Waals surface area contributed by atoms with E-state index in [-0.39, 0.29) is 25.6 Å². The molecule has 0 saturated carbocycles. The summed E-state index contributed by atoms with van der Waals surface area (Å²) in [4.78, 5) is 27.9. The molecular formula is C15H13NO5S. The number of fused-ring (bicyclic) bond motifs is 1. The van der Waals surface area contributed by atoms with Gasteiger partial charge in [-0.1, -0.05) is 0 Å². The molecule has 1 aromatic carbocycles. The lowest BCUT2D eigenvalue weighted by molar-refractivity contribution is -0.141. The first-order chi connectivity index (χ1) is 10.6. The minimum Gasteiger partial charge on any atom is -0.457 e. The fourth-order valence-corrected chi connectivity index (χ4v) is 2.60. The van der Waals surface area contributed by atoms with Crippen LogP contribution in [0.2, 0.25) is 0 Å². The molecule has 0 fully saturated rings. The fraction of sp³-hybridized carbons (Fsp3) is 0.267. The van der Waals surface area contributed by atoms with Crippen LogP contribution in [-0.4, -0.2) is 30.1 Å². The van der Waals surface area contributed by atoms with E-state index in [2.05, 4.69) is 4.98 Å². The molecule has 0 spiro atoms. The van der Waals surface area contributed by atoms with E-state index < -0.39 is 5.97 Å². The van der Waals surface area contributed by atoms with E-state index in [1.807, 2.05) is 6.92 Å². The smallest absolute Gasteiger partial charge is 0.312 e. The molecule has 2 aromatic rings. The van der Waals surface area contributed by atoms with Crippen LogP contribution in [0.4, 0.5) is 0 Å². The Balaban J connectivity index is 1.54. The van der Waals surface area contributed by atoms with Crippen LogP contribution in [0.5, 0.6) is 11.5 Å². The summed E-state index contributed by atoms with van der Waals surface area (Å²) in [6, 6.07) is 4.87. The summed E-state index contributed by atoms with van der Waals surface area (Å²) < 4.78 is 15.4. The molecular weight excluding hydrogens is 306 g/mol. The summed E-state index contributed by atoms with van der Waals surface area (Å²) in [5, 5.41) is 2.69. The van der Waals surface area contributed by atoms with Crippen molar-refractivity contribution in [1.29, 1.82) is 0 Å². The lowest BCUT2D eigenvalue weighted by atomic mass is 10.1. The number of aromatic nitrogens is 1. The van der Waals surface area contributed by atoms with Gasteiger partial charge in [0.2, 0.25) is 6.79 Å². The third kappa shape index (κ3) is 3.25. The van der Waals surface area contributed by atoms with Crippen molar-refractivity contribution < 1.29 is 23.8 Å². The predicted molar refractivity (Wildman–Crippen MR) is 78.4 cm³/mol. The van der Waals surface area contributed by atoms with Crippen LogP contribution < -0.4 is 9.47 Å². The van der Waals surface area contributed by atoms with Gasteiger partial charge < -0.3 is 14.2 Å². The van der Waals surface area contributed by atoms with Gasteiger partial charge in [0.15, 0.2) is 23.9 Å². The van der Waals surface area contributed by atoms with E-state index in [1.54, 1.807) is 23.6 Å². The third-order valence-corrected chi connectivity index (χ3v) is 3.87. The van der Waals surface area contributed by atoms with Crippen molar-refractivity contribution in [2.45, 2.75) is 13.3 Å². The van der Waals surface area contributed by atoms with E-state index in [0.29, 0.717) is 22.8 Å². The number of carbonyl (C=O) groups is 2. The molecule has 0 amide bonds. The van der Waals surface area contributed by atoms with Crippen molar-refractivity contribution in [3.8, 4) is 11.5 Å². The van der Waals surface area contributed by atoms with Crippen molar-refractivity contribution in [1.82, 2.24) is 4.98 Å². The highest BCUT2D eigenvalue weighted by Gasteiger charge is 2.17. The Bertz CT molecular complexity index is 724. The average molecular weight is 319 g/mol. The van der Waals surface area contributed by atoms with Crippen molar-refractivity contribution in [2.75, 3.05) is 13.4 Å². The highest BCUT2D eigenvalue weighted by atomic mass is 32.1. The standard InChI is InChI=1S/C15H13NO5S/c1-9-16-11(7-22-9)5-15(18)19-6-12(17)10-2-3-13-14(4-10)21-8-20-13/h2-4,7H,5-6,8H2,1H3. The predicted octanol–water partition coefficient (Wildman–Crippen LogP) is 2.15. The number of ketones is 1. The number of carbonyl (C=O) groups excluding carboxylic acids is 2. The summed E-state index contributed by atoms with van der Waals surface area (Å²) in [6.45, 7) is 1.71. The van der Waals surface area contributed by atoms with Gasteiger partial charge in [-0.05, 0) is 25.1 Å². The zero-order chi connectivity index (χ0) is 15.5. The van der Waals surface area contributed by atoms with Gasteiger partial charge in [0, 0.05) is 10.9 Å². The molecule has 1 aliphatic rings. The maximum absolute atomic E-state index is 12.0. The number of esters is 1. The highest BCUT2D eigenvalue weighted by molar-refractivity contribution is 7.09. The van der Waals surface area contributed by atoms with Crippen LogP contribution >= 0.6 is 11.3 Å². The molecule has 6 nitrogen and oxygen atoms in total. The first-order valence-electron chi connectivity index (χ1n) is 6.61. The van der Waals surface area contributed by atoms with E-state index in [4.69, 9.17) is 14.2 Å². The van der Waals surface area contributed by atoms with Gasteiger partial charge >= 0.3 is 5.97 Å². The summed E-state index contributed by atoms with van der Waals surface area (Å²) in [7, 11) is 0.